The fourth-order valence-corrected chi connectivity index (χ4v) is 4.49. The van der Waals surface area contributed by atoms with Crippen LogP contribution in [0.5, 0.6) is 0 Å². The highest BCUT2D eigenvalue weighted by molar-refractivity contribution is 7.89. The zero-order chi connectivity index (χ0) is 15.8. The van der Waals surface area contributed by atoms with Crippen molar-refractivity contribution in [2.75, 3.05) is 13.1 Å². The summed E-state index contributed by atoms with van der Waals surface area (Å²) in [5.41, 5.74) is 6.60. The van der Waals surface area contributed by atoms with Crippen molar-refractivity contribution in [1.29, 1.82) is 0 Å². The lowest BCUT2D eigenvalue weighted by Crippen LogP contribution is -2.42. The summed E-state index contributed by atoms with van der Waals surface area (Å²) in [4.78, 5) is 0.179. The van der Waals surface area contributed by atoms with Crippen LogP contribution in [0.25, 0.3) is 0 Å². The van der Waals surface area contributed by atoms with E-state index in [4.69, 9.17) is 5.73 Å². The molecule has 1 aromatic carbocycles. The average Bonchev–Trinajstić information content (AvgIpc) is 2.44. The molecular formula is C15H23FN2O2S. The summed E-state index contributed by atoms with van der Waals surface area (Å²) in [5.74, 6) is 0.0257. The number of nitrogens with zero attached hydrogens (tertiary/aromatic N) is 1. The van der Waals surface area contributed by atoms with Gasteiger partial charge in [0, 0.05) is 19.1 Å². The van der Waals surface area contributed by atoms with E-state index in [-0.39, 0.29) is 16.8 Å². The maximum atomic E-state index is 13.7. The number of hydrogen-bond acceptors (Lipinski definition) is 3. The minimum absolute atomic E-state index is 0.0881. The molecule has 0 aliphatic carbocycles. The number of rotatable bonds is 3. The van der Waals surface area contributed by atoms with Crippen LogP contribution in [0, 0.1) is 25.6 Å². The highest BCUT2D eigenvalue weighted by Crippen LogP contribution is 2.27. The maximum Gasteiger partial charge on any atom is 0.243 e. The first-order valence-electron chi connectivity index (χ1n) is 7.26. The molecule has 0 spiro atoms. The molecule has 0 radical (unpaired) electrons. The molecule has 1 unspecified atom stereocenters. The summed E-state index contributed by atoms with van der Waals surface area (Å²) in [6, 6.07) is 2.91. The zero-order valence-corrected chi connectivity index (χ0v) is 13.6. The first kappa shape index (κ1) is 16.4. The molecule has 1 atom stereocenters. The Kier molecular flexibility index (Phi) is 4.70. The normalized spacial score (nSPS) is 19.7. The van der Waals surface area contributed by atoms with Crippen molar-refractivity contribution in [1.82, 2.24) is 4.31 Å². The molecule has 1 heterocycles. The van der Waals surface area contributed by atoms with Gasteiger partial charge >= 0.3 is 0 Å². The Labute approximate surface area is 126 Å². The summed E-state index contributed by atoms with van der Waals surface area (Å²) in [5, 5.41) is 0. The molecular weight excluding hydrogens is 291 g/mol. The van der Waals surface area contributed by atoms with Crippen LogP contribution in [-0.4, -0.2) is 31.9 Å². The smallest absolute Gasteiger partial charge is 0.243 e. The second kappa shape index (κ2) is 6.02. The molecule has 0 saturated carbocycles. The topological polar surface area (TPSA) is 63.4 Å². The van der Waals surface area contributed by atoms with Gasteiger partial charge in [0.1, 0.15) is 5.82 Å². The van der Waals surface area contributed by atoms with E-state index in [2.05, 4.69) is 0 Å². The first-order chi connectivity index (χ1) is 9.73. The Bertz CT molecular complexity index is 598. The van der Waals surface area contributed by atoms with Crippen molar-refractivity contribution >= 4 is 10.0 Å². The van der Waals surface area contributed by atoms with Crippen LogP contribution < -0.4 is 5.73 Å². The Morgan fingerprint density at radius 1 is 1.24 bits per heavy atom. The van der Waals surface area contributed by atoms with Crippen molar-refractivity contribution in [3.8, 4) is 0 Å². The van der Waals surface area contributed by atoms with E-state index in [0.717, 1.165) is 12.8 Å². The monoisotopic (exact) mass is 314 g/mol. The van der Waals surface area contributed by atoms with Crippen molar-refractivity contribution in [2.45, 2.75) is 44.6 Å². The molecule has 1 saturated heterocycles. The van der Waals surface area contributed by atoms with Crippen LogP contribution in [0.2, 0.25) is 0 Å². The van der Waals surface area contributed by atoms with Crippen LogP contribution in [-0.2, 0) is 10.0 Å². The molecule has 1 fully saturated rings. The van der Waals surface area contributed by atoms with Gasteiger partial charge in [-0.1, -0.05) is 0 Å². The fraction of sp³-hybridized carbons (Fsp3) is 0.600. The summed E-state index contributed by atoms with van der Waals surface area (Å²) >= 11 is 0. The summed E-state index contributed by atoms with van der Waals surface area (Å²) in [7, 11) is -3.55. The van der Waals surface area contributed by atoms with E-state index in [1.54, 1.807) is 13.8 Å². The third kappa shape index (κ3) is 3.27. The van der Waals surface area contributed by atoms with E-state index in [0.29, 0.717) is 30.1 Å². The number of benzene rings is 1. The molecule has 4 nitrogen and oxygen atoms in total. The number of sulfonamides is 1. The first-order valence-corrected chi connectivity index (χ1v) is 8.70. The predicted octanol–water partition coefficient (Wildman–Crippen LogP) is 2.19. The molecule has 1 aliphatic heterocycles. The van der Waals surface area contributed by atoms with Crippen molar-refractivity contribution in [3.63, 3.8) is 0 Å². The average molecular weight is 314 g/mol. The number of piperidine rings is 1. The third-order valence-electron chi connectivity index (χ3n) is 4.29. The lowest BCUT2D eigenvalue weighted by atomic mass is 9.92. The number of hydrogen-bond donors (Lipinski definition) is 1. The minimum atomic E-state index is -3.55. The van der Waals surface area contributed by atoms with Gasteiger partial charge in [-0.3, -0.25) is 0 Å². The summed E-state index contributed by atoms with van der Waals surface area (Å²) < 4.78 is 40.4. The molecule has 118 valence electrons. The molecule has 0 amide bonds. The highest BCUT2D eigenvalue weighted by Gasteiger charge is 2.31. The number of halogens is 1. The van der Waals surface area contributed by atoms with E-state index in [1.165, 1.54) is 16.4 Å². The number of nitrogens with two attached hydrogens (primary N) is 1. The van der Waals surface area contributed by atoms with Gasteiger partial charge < -0.3 is 5.73 Å². The molecule has 2 rings (SSSR count). The van der Waals surface area contributed by atoms with E-state index in [9.17, 15) is 12.8 Å². The lowest BCUT2D eigenvalue weighted by Gasteiger charge is -2.33. The van der Waals surface area contributed by atoms with Gasteiger partial charge in [0.2, 0.25) is 10.0 Å². The zero-order valence-electron chi connectivity index (χ0n) is 12.8. The van der Waals surface area contributed by atoms with Crippen molar-refractivity contribution in [3.05, 3.63) is 29.1 Å². The van der Waals surface area contributed by atoms with E-state index < -0.39 is 10.0 Å². The van der Waals surface area contributed by atoms with Gasteiger partial charge in [-0.25, -0.2) is 12.8 Å². The van der Waals surface area contributed by atoms with Crippen molar-refractivity contribution < 1.29 is 12.8 Å². The second-order valence-corrected chi connectivity index (χ2v) is 7.91. The Balaban J connectivity index is 2.24. The van der Waals surface area contributed by atoms with Crippen LogP contribution in [0.4, 0.5) is 4.39 Å². The molecule has 2 N–H and O–H groups in total. The Morgan fingerprint density at radius 2 is 1.71 bits per heavy atom. The van der Waals surface area contributed by atoms with Gasteiger partial charge in [-0.15, -0.1) is 0 Å². The predicted molar refractivity (Wildman–Crippen MR) is 81.0 cm³/mol. The standard InChI is InChI=1S/C15H23FN2O2S/c1-10-8-14(9-11(2)15(10)16)21(19,20)18-6-4-13(5-7-18)12(3)17/h8-9,12-13H,4-7,17H2,1-3H3. The molecule has 0 aromatic heterocycles. The van der Waals surface area contributed by atoms with Crippen LogP contribution in [0.15, 0.2) is 17.0 Å². The van der Waals surface area contributed by atoms with Crippen molar-refractivity contribution in [2.24, 2.45) is 11.7 Å². The van der Waals surface area contributed by atoms with Gasteiger partial charge in [-0.2, -0.15) is 4.31 Å². The molecule has 1 aliphatic rings. The van der Waals surface area contributed by atoms with Gasteiger partial charge in [0.15, 0.2) is 0 Å². The SMILES string of the molecule is Cc1cc(S(=O)(=O)N2CCC(C(C)N)CC2)cc(C)c1F. The Hall–Kier alpha value is -0.980. The summed E-state index contributed by atoms with van der Waals surface area (Å²) in [6.45, 7) is 6.09. The molecule has 0 bridgehead atoms. The second-order valence-electron chi connectivity index (χ2n) is 5.97. The van der Waals surface area contributed by atoms with E-state index in [1.807, 2.05) is 6.92 Å². The molecule has 1 aromatic rings. The van der Waals surface area contributed by atoms with Crippen LogP contribution in [0.3, 0.4) is 0 Å². The van der Waals surface area contributed by atoms with Gasteiger partial charge in [-0.05, 0) is 62.8 Å². The van der Waals surface area contributed by atoms with Crippen LogP contribution in [0.1, 0.15) is 30.9 Å². The summed E-state index contributed by atoms with van der Waals surface area (Å²) in [6.07, 6.45) is 1.55. The highest BCUT2D eigenvalue weighted by atomic mass is 32.2. The largest absolute Gasteiger partial charge is 0.328 e. The quantitative estimate of drug-likeness (QED) is 0.930. The maximum absolute atomic E-state index is 13.7. The van der Waals surface area contributed by atoms with Gasteiger partial charge in [0.05, 0.1) is 4.90 Å². The van der Waals surface area contributed by atoms with E-state index >= 15 is 0 Å². The third-order valence-corrected chi connectivity index (χ3v) is 6.17. The molecule has 6 heteroatoms. The Morgan fingerprint density at radius 3 is 2.14 bits per heavy atom. The molecule has 21 heavy (non-hydrogen) atoms. The lowest BCUT2D eigenvalue weighted by molar-refractivity contribution is 0.250. The number of aryl methyl sites for hydroxylation is 2. The van der Waals surface area contributed by atoms with Gasteiger partial charge in [0.25, 0.3) is 0 Å². The minimum Gasteiger partial charge on any atom is -0.328 e. The fourth-order valence-electron chi connectivity index (χ4n) is 2.85. The van der Waals surface area contributed by atoms with Crippen LogP contribution >= 0.6 is 0 Å².